The Hall–Kier alpha value is -2.02. The first-order valence-electron chi connectivity index (χ1n) is 5.57. The van der Waals surface area contributed by atoms with E-state index in [0.717, 1.165) is 18.4 Å². The van der Waals surface area contributed by atoms with Crippen LogP contribution in [0.4, 0.5) is 0 Å². The number of benzene rings is 1. The highest BCUT2D eigenvalue weighted by Gasteiger charge is 2.05. The molecule has 0 atom stereocenters. The van der Waals surface area contributed by atoms with E-state index in [9.17, 15) is 0 Å². The van der Waals surface area contributed by atoms with Gasteiger partial charge in [0, 0.05) is 12.0 Å². The Bertz CT molecular complexity index is 422. The number of ether oxygens (including phenoxy) is 1. The van der Waals surface area contributed by atoms with Crippen LogP contribution in [0.15, 0.2) is 29.4 Å². The molecule has 0 spiro atoms. The number of rotatable bonds is 6. The number of oxime groups is 1. The SMILES string of the molecule is C/C(=N/O)c1ccccc1OCCCCC#N. The number of nitrogens with zero attached hydrogens (tertiary/aromatic N) is 2. The molecule has 0 aliphatic carbocycles. The van der Waals surface area contributed by atoms with Crippen LogP contribution in [0.25, 0.3) is 0 Å². The van der Waals surface area contributed by atoms with Gasteiger partial charge < -0.3 is 9.94 Å². The summed E-state index contributed by atoms with van der Waals surface area (Å²) in [6.45, 7) is 2.29. The lowest BCUT2D eigenvalue weighted by Crippen LogP contribution is -2.03. The van der Waals surface area contributed by atoms with Gasteiger partial charge in [-0.05, 0) is 31.9 Å². The van der Waals surface area contributed by atoms with Crippen molar-refractivity contribution in [1.82, 2.24) is 0 Å². The van der Waals surface area contributed by atoms with Gasteiger partial charge in [0.05, 0.1) is 18.4 Å². The highest BCUT2D eigenvalue weighted by atomic mass is 16.5. The minimum Gasteiger partial charge on any atom is -0.493 e. The summed E-state index contributed by atoms with van der Waals surface area (Å²) in [5.41, 5.74) is 1.31. The van der Waals surface area contributed by atoms with Crippen molar-refractivity contribution >= 4 is 5.71 Å². The molecule has 4 nitrogen and oxygen atoms in total. The van der Waals surface area contributed by atoms with Crippen LogP contribution >= 0.6 is 0 Å². The molecule has 0 radical (unpaired) electrons. The van der Waals surface area contributed by atoms with Crippen LogP contribution in [0.1, 0.15) is 31.7 Å². The first-order valence-corrected chi connectivity index (χ1v) is 5.57. The molecule has 0 aliphatic heterocycles. The normalized spacial score (nSPS) is 10.9. The molecular weight excluding hydrogens is 216 g/mol. The predicted molar refractivity (Wildman–Crippen MR) is 65.4 cm³/mol. The van der Waals surface area contributed by atoms with Gasteiger partial charge in [-0.2, -0.15) is 5.26 Å². The summed E-state index contributed by atoms with van der Waals surface area (Å²) in [5, 5.41) is 20.3. The fourth-order valence-corrected chi connectivity index (χ4v) is 1.43. The maximum absolute atomic E-state index is 8.75. The van der Waals surface area contributed by atoms with Crippen molar-refractivity contribution in [3.05, 3.63) is 29.8 Å². The minimum atomic E-state index is 0.526. The van der Waals surface area contributed by atoms with Crippen molar-refractivity contribution in [3.63, 3.8) is 0 Å². The van der Waals surface area contributed by atoms with Gasteiger partial charge in [0.2, 0.25) is 0 Å². The molecule has 0 saturated carbocycles. The van der Waals surface area contributed by atoms with Gasteiger partial charge in [-0.3, -0.25) is 0 Å². The molecule has 1 aromatic carbocycles. The van der Waals surface area contributed by atoms with Crippen LogP contribution in [0, 0.1) is 11.3 Å². The lowest BCUT2D eigenvalue weighted by molar-refractivity contribution is 0.304. The van der Waals surface area contributed by atoms with Gasteiger partial charge in [-0.1, -0.05) is 17.3 Å². The van der Waals surface area contributed by atoms with Crippen LogP contribution in [-0.4, -0.2) is 17.5 Å². The van der Waals surface area contributed by atoms with Gasteiger partial charge in [-0.25, -0.2) is 0 Å². The quantitative estimate of drug-likeness (QED) is 0.355. The molecule has 0 fully saturated rings. The summed E-state index contributed by atoms with van der Waals surface area (Å²) in [7, 11) is 0. The molecule has 90 valence electrons. The zero-order valence-electron chi connectivity index (χ0n) is 9.89. The Kier molecular flexibility index (Phi) is 5.59. The van der Waals surface area contributed by atoms with E-state index in [1.165, 1.54) is 0 Å². The first kappa shape index (κ1) is 13.0. The molecule has 1 rings (SSSR count). The molecule has 0 unspecified atom stereocenters. The fraction of sp³-hybridized carbons (Fsp3) is 0.385. The maximum Gasteiger partial charge on any atom is 0.128 e. The second kappa shape index (κ2) is 7.29. The standard InChI is InChI=1S/C13H16N2O2/c1-11(15-16)12-7-3-4-8-13(12)17-10-6-2-5-9-14/h3-4,7-8,16H,2,5-6,10H2,1H3/b15-11-. The monoisotopic (exact) mass is 232 g/mol. The molecule has 17 heavy (non-hydrogen) atoms. The number of para-hydroxylation sites is 1. The van der Waals surface area contributed by atoms with E-state index in [0.29, 0.717) is 24.5 Å². The van der Waals surface area contributed by atoms with Crippen LogP contribution in [0.2, 0.25) is 0 Å². The van der Waals surface area contributed by atoms with Gasteiger partial charge >= 0.3 is 0 Å². The molecule has 0 aromatic heterocycles. The molecule has 1 aromatic rings. The lowest BCUT2D eigenvalue weighted by Gasteiger charge is -2.09. The molecule has 0 heterocycles. The topological polar surface area (TPSA) is 65.6 Å². The molecule has 4 heteroatoms. The summed E-state index contributed by atoms with van der Waals surface area (Å²) in [6.07, 6.45) is 2.24. The number of nitriles is 1. The Balaban J connectivity index is 2.56. The Morgan fingerprint density at radius 3 is 2.88 bits per heavy atom. The van der Waals surface area contributed by atoms with Crippen LogP contribution in [0.5, 0.6) is 5.75 Å². The minimum absolute atomic E-state index is 0.526. The van der Waals surface area contributed by atoms with E-state index in [1.807, 2.05) is 24.3 Å². The summed E-state index contributed by atoms with van der Waals surface area (Å²) in [6, 6.07) is 9.53. The Morgan fingerprint density at radius 2 is 2.18 bits per heavy atom. The third-order valence-electron chi connectivity index (χ3n) is 2.37. The van der Waals surface area contributed by atoms with E-state index >= 15 is 0 Å². The van der Waals surface area contributed by atoms with Crippen molar-refractivity contribution in [2.75, 3.05) is 6.61 Å². The van der Waals surface area contributed by atoms with E-state index in [4.69, 9.17) is 15.2 Å². The predicted octanol–water partition coefficient (Wildman–Crippen LogP) is 2.96. The molecule has 1 N–H and O–H groups in total. The van der Waals surface area contributed by atoms with Crippen molar-refractivity contribution in [3.8, 4) is 11.8 Å². The van der Waals surface area contributed by atoms with E-state index < -0.39 is 0 Å². The van der Waals surface area contributed by atoms with E-state index in [2.05, 4.69) is 11.2 Å². The summed E-state index contributed by atoms with van der Waals surface area (Å²) in [4.78, 5) is 0. The summed E-state index contributed by atoms with van der Waals surface area (Å²) < 4.78 is 5.61. The zero-order valence-corrected chi connectivity index (χ0v) is 9.89. The zero-order chi connectivity index (χ0) is 12.5. The van der Waals surface area contributed by atoms with Gasteiger partial charge in [-0.15, -0.1) is 0 Å². The molecular formula is C13H16N2O2. The van der Waals surface area contributed by atoms with Crippen molar-refractivity contribution < 1.29 is 9.94 Å². The second-order valence-electron chi connectivity index (χ2n) is 3.65. The van der Waals surface area contributed by atoms with Gasteiger partial charge in [0.15, 0.2) is 0 Å². The molecule has 0 saturated heterocycles. The van der Waals surface area contributed by atoms with E-state index in [1.54, 1.807) is 6.92 Å². The smallest absolute Gasteiger partial charge is 0.128 e. The average molecular weight is 232 g/mol. The largest absolute Gasteiger partial charge is 0.493 e. The van der Waals surface area contributed by atoms with Crippen molar-refractivity contribution in [1.29, 1.82) is 5.26 Å². The Morgan fingerprint density at radius 1 is 1.41 bits per heavy atom. The summed E-state index contributed by atoms with van der Waals surface area (Å²) >= 11 is 0. The highest BCUT2D eigenvalue weighted by molar-refractivity contribution is 6.00. The van der Waals surface area contributed by atoms with Crippen molar-refractivity contribution in [2.45, 2.75) is 26.2 Å². The Labute approximate surface area is 101 Å². The van der Waals surface area contributed by atoms with Crippen molar-refractivity contribution in [2.24, 2.45) is 5.16 Å². The fourth-order valence-electron chi connectivity index (χ4n) is 1.43. The van der Waals surface area contributed by atoms with Gasteiger partial charge in [0.25, 0.3) is 0 Å². The number of hydrogen-bond donors (Lipinski definition) is 1. The lowest BCUT2D eigenvalue weighted by atomic mass is 10.1. The third-order valence-corrected chi connectivity index (χ3v) is 2.37. The van der Waals surface area contributed by atoms with Gasteiger partial charge in [0.1, 0.15) is 5.75 Å². The molecule has 0 bridgehead atoms. The first-order chi connectivity index (χ1) is 8.29. The van der Waals surface area contributed by atoms with Crippen LogP contribution < -0.4 is 4.74 Å². The molecule has 0 amide bonds. The molecule has 0 aliphatic rings. The van der Waals surface area contributed by atoms with E-state index in [-0.39, 0.29) is 0 Å². The van der Waals surface area contributed by atoms with Crippen LogP contribution in [-0.2, 0) is 0 Å². The van der Waals surface area contributed by atoms with Crippen LogP contribution in [0.3, 0.4) is 0 Å². The summed E-state index contributed by atoms with van der Waals surface area (Å²) in [5.74, 6) is 0.708. The average Bonchev–Trinajstić information content (AvgIpc) is 2.38. The third kappa shape index (κ3) is 4.15. The highest BCUT2D eigenvalue weighted by Crippen LogP contribution is 2.19. The second-order valence-corrected chi connectivity index (χ2v) is 3.65. The number of unbranched alkanes of at least 4 members (excludes halogenated alkanes) is 2. The maximum atomic E-state index is 8.75. The number of hydrogen-bond acceptors (Lipinski definition) is 4.